The predicted molar refractivity (Wildman–Crippen MR) is 496 cm³/mol. The Morgan fingerprint density at radius 3 is 1.17 bits per heavy atom. The standard InChI is InChI=1S/C58H41N.C57H40N2/c1-58(2)53-26-12-11-24-46(53)49-30-31-50-52-36-42(28-32-54(52)59(57(50)56(49)58)44-22-14-20-40(34-44)38-17-7-4-8-18-38)41-27-29-48-51(35-41)45-23-9-10-25-47(45)55(48)43-21-13-19-39(33-43)37-15-5-3-6-16-37;1-57(2)50-25-11-9-24-47(50)55-51(57)30-29-46-49-36-42(28-32-54(49)59(56(46)55)44-22-14-20-40(34-44)38-17-7-4-8-18-38)41-27-31-53-48(35-41)45-23-10-12-26-52(45)58(53)43-21-13-19-39(33-43)37-15-5-3-6-16-37/h3-36,55H,1-2H3;3-36H,1-2H3. The van der Waals surface area contributed by atoms with Crippen LogP contribution in [0.4, 0.5) is 0 Å². The van der Waals surface area contributed by atoms with Crippen LogP contribution < -0.4 is 0 Å². The molecule has 0 amide bonds. The van der Waals surface area contributed by atoms with E-state index in [1.807, 2.05) is 0 Å². The van der Waals surface area contributed by atoms with Crippen molar-refractivity contribution in [2.75, 3.05) is 0 Å². The van der Waals surface area contributed by atoms with E-state index in [2.05, 4.69) is 454 Å². The van der Waals surface area contributed by atoms with Crippen molar-refractivity contribution < 1.29 is 0 Å². The summed E-state index contributed by atoms with van der Waals surface area (Å²) < 4.78 is 7.49. The zero-order valence-electron chi connectivity index (χ0n) is 66.2. The molecule has 0 spiro atoms. The molecule has 0 aliphatic heterocycles. The molecule has 0 saturated heterocycles. The van der Waals surface area contributed by atoms with E-state index in [1.54, 1.807) is 0 Å². The van der Waals surface area contributed by atoms with E-state index in [-0.39, 0.29) is 16.7 Å². The van der Waals surface area contributed by atoms with Crippen LogP contribution in [0.5, 0.6) is 0 Å². The van der Waals surface area contributed by atoms with Gasteiger partial charge >= 0.3 is 0 Å². The quantitative estimate of drug-likeness (QED) is 0.130. The number of fused-ring (bicyclic) bond motifs is 20. The molecule has 3 heteroatoms. The van der Waals surface area contributed by atoms with Crippen molar-refractivity contribution in [1.29, 1.82) is 0 Å². The molecule has 3 aliphatic rings. The Morgan fingerprint density at radius 2 is 0.593 bits per heavy atom. The lowest BCUT2D eigenvalue weighted by atomic mass is 9.81. The van der Waals surface area contributed by atoms with Gasteiger partial charge in [0.05, 0.1) is 33.1 Å². The van der Waals surface area contributed by atoms with Crippen LogP contribution in [0.3, 0.4) is 0 Å². The highest BCUT2D eigenvalue weighted by molar-refractivity contribution is 6.18. The van der Waals surface area contributed by atoms with Crippen molar-refractivity contribution in [1.82, 2.24) is 13.7 Å². The summed E-state index contributed by atoms with van der Waals surface area (Å²) in [6.07, 6.45) is 0. The first kappa shape index (κ1) is 68.9. The first-order valence-electron chi connectivity index (χ1n) is 41.4. The molecule has 118 heavy (non-hydrogen) atoms. The van der Waals surface area contributed by atoms with Crippen molar-refractivity contribution in [3.63, 3.8) is 0 Å². The molecule has 0 radical (unpaired) electrons. The second-order valence-electron chi connectivity index (χ2n) is 33.4. The van der Waals surface area contributed by atoms with Crippen LogP contribution in [0, 0.1) is 0 Å². The van der Waals surface area contributed by atoms with Gasteiger partial charge in [0.2, 0.25) is 0 Å². The summed E-state index contributed by atoms with van der Waals surface area (Å²) in [5, 5.41) is 7.59. The van der Waals surface area contributed by atoms with E-state index < -0.39 is 0 Å². The van der Waals surface area contributed by atoms with Crippen molar-refractivity contribution in [2.24, 2.45) is 0 Å². The molecule has 0 bridgehead atoms. The highest BCUT2D eigenvalue weighted by atomic mass is 15.0. The Balaban J connectivity index is 0.000000138. The summed E-state index contributed by atoms with van der Waals surface area (Å²) in [5.41, 5.74) is 42.9. The Bertz CT molecular complexity index is 7660. The van der Waals surface area contributed by atoms with Crippen molar-refractivity contribution in [3.8, 4) is 117 Å². The molecule has 24 rings (SSSR count). The Kier molecular flexibility index (Phi) is 15.8. The van der Waals surface area contributed by atoms with E-state index in [9.17, 15) is 0 Å². The Hall–Kier alpha value is -14.6. The average Bonchev–Trinajstić information content (AvgIpc) is 1.54. The fourth-order valence-corrected chi connectivity index (χ4v) is 20.6. The third-order valence-corrected chi connectivity index (χ3v) is 26.1. The molecule has 0 fully saturated rings. The summed E-state index contributed by atoms with van der Waals surface area (Å²) in [6, 6.07) is 153. The van der Waals surface area contributed by atoms with Gasteiger partial charge in [-0.3, -0.25) is 0 Å². The van der Waals surface area contributed by atoms with Crippen LogP contribution in [0.25, 0.3) is 183 Å². The SMILES string of the molecule is CC1(C)c2ccccc2-c2c1ccc1c3cc(-c4ccc5c(c4)c4ccccc4n5-c4cccc(-c5ccccc5)c4)ccc3n(-c3cccc(-c4ccccc4)c3)c21.CC1(C)c2ccccc2-c2ccc3c4cc(-c5ccc6c(c5)-c5ccccc5C6c5cccc(-c6ccccc6)c5)ccc4n(-c4cccc(-c5ccccc5)c4)c3c21. The number of nitrogens with zero attached hydrogens (tertiary/aromatic N) is 3. The number of hydrogen-bond donors (Lipinski definition) is 0. The molecule has 3 aliphatic carbocycles. The van der Waals surface area contributed by atoms with Crippen LogP contribution in [-0.2, 0) is 10.8 Å². The van der Waals surface area contributed by atoms with Gasteiger partial charge in [-0.05, 0) is 218 Å². The molecule has 3 nitrogen and oxygen atoms in total. The third kappa shape index (κ3) is 10.8. The number of hydrogen-bond acceptors (Lipinski definition) is 0. The maximum absolute atomic E-state index is 2.54. The first-order chi connectivity index (χ1) is 58.1. The highest BCUT2D eigenvalue weighted by Gasteiger charge is 2.40. The first-order valence-corrected chi connectivity index (χ1v) is 41.4. The fraction of sp³-hybridized carbons (Fsp3) is 0.0609. The lowest BCUT2D eigenvalue weighted by Crippen LogP contribution is -2.16. The predicted octanol–water partition coefficient (Wildman–Crippen LogP) is 30.4. The normalized spacial score (nSPS) is 13.8. The van der Waals surface area contributed by atoms with E-state index in [1.165, 1.54) is 216 Å². The van der Waals surface area contributed by atoms with Crippen molar-refractivity contribution in [2.45, 2.75) is 44.4 Å². The van der Waals surface area contributed by atoms with Gasteiger partial charge in [-0.15, -0.1) is 0 Å². The summed E-state index contributed by atoms with van der Waals surface area (Å²) in [6.45, 7) is 9.55. The van der Waals surface area contributed by atoms with Crippen molar-refractivity contribution in [3.05, 3.63) is 451 Å². The van der Waals surface area contributed by atoms with Gasteiger partial charge in [-0.2, -0.15) is 0 Å². The van der Waals surface area contributed by atoms with Crippen LogP contribution in [0.1, 0.15) is 72.6 Å². The molecule has 21 aromatic rings. The monoisotopic (exact) mass is 1500 g/mol. The topological polar surface area (TPSA) is 14.8 Å². The molecule has 18 aromatic carbocycles. The lowest BCUT2D eigenvalue weighted by molar-refractivity contribution is 0.661. The number of aromatic nitrogens is 3. The smallest absolute Gasteiger partial charge is 0.0622 e. The number of para-hydroxylation sites is 1. The lowest BCUT2D eigenvalue weighted by Gasteiger charge is -2.23. The molecular weight excluding hydrogens is 1420 g/mol. The second kappa shape index (κ2) is 27.0. The minimum absolute atomic E-state index is 0.101. The van der Waals surface area contributed by atoms with E-state index in [0.717, 1.165) is 5.69 Å². The maximum Gasteiger partial charge on any atom is 0.0622 e. The van der Waals surface area contributed by atoms with Gasteiger partial charge < -0.3 is 13.7 Å². The van der Waals surface area contributed by atoms with Gasteiger partial charge in [0.15, 0.2) is 0 Å². The largest absolute Gasteiger partial charge is 0.309 e. The van der Waals surface area contributed by atoms with Crippen LogP contribution >= 0.6 is 0 Å². The summed E-state index contributed by atoms with van der Waals surface area (Å²) in [4.78, 5) is 0. The zero-order valence-corrected chi connectivity index (χ0v) is 66.2. The van der Waals surface area contributed by atoms with Gasteiger partial charge in [0, 0.05) is 71.7 Å². The van der Waals surface area contributed by atoms with E-state index in [0.29, 0.717) is 0 Å². The molecule has 556 valence electrons. The molecule has 3 aromatic heterocycles. The third-order valence-electron chi connectivity index (χ3n) is 26.1. The maximum atomic E-state index is 2.54. The molecule has 1 atom stereocenters. The molecule has 0 N–H and O–H groups in total. The minimum Gasteiger partial charge on any atom is -0.309 e. The summed E-state index contributed by atoms with van der Waals surface area (Å²) in [7, 11) is 0. The second-order valence-corrected chi connectivity index (χ2v) is 33.4. The molecule has 1 unspecified atom stereocenters. The van der Waals surface area contributed by atoms with E-state index in [4.69, 9.17) is 0 Å². The Morgan fingerprint density at radius 1 is 0.203 bits per heavy atom. The average molecular weight is 1500 g/mol. The highest BCUT2D eigenvalue weighted by Crippen LogP contribution is 2.57. The number of benzene rings is 18. The fourth-order valence-electron chi connectivity index (χ4n) is 20.6. The molecular formula is C115H81N3. The molecule has 0 saturated carbocycles. The van der Waals surface area contributed by atoms with E-state index >= 15 is 0 Å². The van der Waals surface area contributed by atoms with Crippen LogP contribution in [0.2, 0.25) is 0 Å². The Labute approximate surface area is 687 Å². The summed E-state index contributed by atoms with van der Waals surface area (Å²) >= 11 is 0. The van der Waals surface area contributed by atoms with Crippen LogP contribution in [0.15, 0.2) is 413 Å². The number of rotatable bonds is 10. The minimum atomic E-state index is -0.165. The summed E-state index contributed by atoms with van der Waals surface area (Å²) in [5.74, 6) is 0.181. The van der Waals surface area contributed by atoms with Crippen molar-refractivity contribution >= 4 is 65.4 Å². The van der Waals surface area contributed by atoms with Gasteiger partial charge in [0.25, 0.3) is 0 Å². The molecule has 3 heterocycles. The van der Waals surface area contributed by atoms with Gasteiger partial charge in [-0.1, -0.05) is 355 Å². The van der Waals surface area contributed by atoms with Gasteiger partial charge in [0.1, 0.15) is 0 Å². The zero-order chi connectivity index (χ0) is 78.5. The van der Waals surface area contributed by atoms with Gasteiger partial charge in [-0.25, -0.2) is 0 Å². The van der Waals surface area contributed by atoms with Crippen LogP contribution in [-0.4, -0.2) is 13.7 Å².